The van der Waals surface area contributed by atoms with E-state index in [2.05, 4.69) is 4.98 Å². The van der Waals surface area contributed by atoms with Crippen LogP contribution in [0, 0.1) is 0 Å². The van der Waals surface area contributed by atoms with Crippen LogP contribution in [0.5, 0.6) is 0 Å². The Morgan fingerprint density at radius 1 is 1.25 bits per heavy atom. The molecule has 2 nitrogen and oxygen atoms in total. The summed E-state index contributed by atoms with van der Waals surface area (Å²) in [4.78, 5) is 3.77. The van der Waals surface area contributed by atoms with Crippen LogP contribution in [0.3, 0.4) is 0 Å². The number of hydrogen-bond donors (Lipinski definition) is 1. The Hall–Kier alpha value is -1.05. The van der Waals surface area contributed by atoms with Gasteiger partial charge in [0.1, 0.15) is 0 Å². The van der Waals surface area contributed by atoms with Gasteiger partial charge in [0.2, 0.25) is 0 Å². The summed E-state index contributed by atoms with van der Waals surface area (Å²) in [7, 11) is 0. The van der Waals surface area contributed by atoms with Gasteiger partial charge in [-0.3, -0.25) is 4.98 Å². The van der Waals surface area contributed by atoms with E-state index in [9.17, 15) is 0 Å². The maximum absolute atomic E-state index is 5.32. The van der Waals surface area contributed by atoms with Crippen molar-refractivity contribution in [1.29, 1.82) is 0 Å². The average molecular weight is 110 g/mol. The van der Waals surface area contributed by atoms with E-state index in [0.717, 1.165) is 5.69 Å². The molecule has 1 rings (SSSR count). The number of anilines is 1. The summed E-state index contributed by atoms with van der Waals surface area (Å²) in [6.45, 7) is 0. The smallest absolute Gasteiger partial charge is 0.0344 e. The topological polar surface area (TPSA) is 38.9 Å². The zero-order valence-corrected chi connectivity index (χ0v) is 3.83. The third-order valence-corrected chi connectivity index (χ3v) is 0.706. The lowest BCUT2D eigenvalue weighted by Gasteiger charge is -1.83. The first-order valence-corrected chi connectivity index (χ1v) is 2.05. The van der Waals surface area contributed by atoms with Gasteiger partial charge in [0.05, 0.1) is 0 Å². The van der Waals surface area contributed by atoms with E-state index in [0.29, 0.717) is 0 Å². The molecule has 0 fully saturated rings. The van der Waals surface area contributed by atoms with Crippen LogP contribution in [0.2, 0.25) is 0 Å². The van der Waals surface area contributed by atoms with Gasteiger partial charge in [-0.15, -0.1) is 0 Å². The highest BCUT2D eigenvalue weighted by molar-refractivity contribution is 5.33. The molecule has 0 saturated heterocycles. The number of aromatic nitrogens is 1. The Balaban J connectivity index is 0.000000490. The zero-order valence-electron chi connectivity index (χ0n) is 3.83. The van der Waals surface area contributed by atoms with E-state index in [4.69, 9.17) is 5.73 Å². The van der Waals surface area contributed by atoms with Gasteiger partial charge in [-0.05, 0) is 12.1 Å². The molecule has 1 aromatic heterocycles. The lowest BCUT2D eigenvalue weighted by Crippen LogP contribution is -1.81. The Morgan fingerprint density at radius 2 is 1.75 bits per heavy atom. The van der Waals surface area contributed by atoms with E-state index in [1.807, 2.05) is 0 Å². The molecule has 8 heavy (non-hydrogen) atoms. The molecule has 0 amide bonds. The van der Waals surface area contributed by atoms with Gasteiger partial charge in [-0.2, -0.15) is 0 Å². The normalized spacial score (nSPS) is 7.50. The fraction of sp³-hybridized carbons (Fsp3) is 0.167. The Labute approximate surface area is 49.4 Å². The number of rotatable bonds is 0. The molecule has 0 aliphatic rings. The standard InChI is InChI=1S/C5H6N2.CH4/c6-5-1-3-7-4-2-5;/h1-4H,(H2,6,7);1H4. The maximum atomic E-state index is 5.32. The molecule has 0 aromatic carbocycles. The lowest BCUT2D eigenvalue weighted by molar-refractivity contribution is 1.33. The van der Waals surface area contributed by atoms with Crippen LogP contribution >= 0.6 is 0 Å². The summed E-state index contributed by atoms with van der Waals surface area (Å²) in [5.74, 6) is 0. The van der Waals surface area contributed by atoms with Gasteiger partial charge < -0.3 is 5.73 Å². The first-order valence-electron chi connectivity index (χ1n) is 2.05. The van der Waals surface area contributed by atoms with E-state index < -0.39 is 0 Å². The molecule has 0 radical (unpaired) electrons. The highest BCUT2D eigenvalue weighted by atomic mass is 14.6. The van der Waals surface area contributed by atoms with Crippen LogP contribution in [-0.4, -0.2) is 4.98 Å². The van der Waals surface area contributed by atoms with Crippen molar-refractivity contribution in [3.05, 3.63) is 24.5 Å². The quantitative estimate of drug-likeness (QED) is 0.546. The van der Waals surface area contributed by atoms with E-state index in [1.165, 1.54) is 0 Å². The van der Waals surface area contributed by atoms with E-state index in [-0.39, 0.29) is 7.43 Å². The van der Waals surface area contributed by atoms with E-state index >= 15 is 0 Å². The summed E-state index contributed by atoms with van der Waals surface area (Å²) in [6, 6.07) is 3.50. The number of nitrogens with two attached hydrogens (primary N) is 1. The Morgan fingerprint density at radius 3 is 2.00 bits per heavy atom. The fourth-order valence-corrected chi connectivity index (χ4v) is 0.363. The third kappa shape index (κ3) is 1.60. The minimum absolute atomic E-state index is 0. The van der Waals surface area contributed by atoms with E-state index in [1.54, 1.807) is 24.5 Å². The minimum atomic E-state index is 0. The van der Waals surface area contributed by atoms with Gasteiger partial charge in [-0.25, -0.2) is 0 Å². The predicted molar refractivity (Wildman–Crippen MR) is 35.4 cm³/mol. The zero-order chi connectivity index (χ0) is 5.11. The molecule has 0 atom stereocenters. The van der Waals surface area contributed by atoms with Gasteiger partial charge in [-0.1, -0.05) is 7.43 Å². The second-order valence-electron chi connectivity index (χ2n) is 1.28. The monoisotopic (exact) mass is 110 g/mol. The number of hydrogen-bond acceptors (Lipinski definition) is 2. The Bertz CT molecular complexity index is 136. The van der Waals surface area contributed by atoms with Gasteiger partial charge >= 0.3 is 0 Å². The van der Waals surface area contributed by atoms with Crippen molar-refractivity contribution < 1.29 is 0 Å². The number of nitrogen functional groups attached to an aromatic ring is 1. The highest BCUT2D eigenvalue weighted by Crippen LogP contribution is 1.92. The summed E-state index contributed by atoms with van der Waals surface area (Å²) in [6.07, 6.45) is 3.32. The SMILES string of the molecule is C.Nc1ccncc1. The Kier molecular flexibility index (Phi) is 2.62. The van der Waals surface area contributed by atoms with Crippen LogP contribution < -0.4 is 5.73 Å². The maximum Gasteiger partial charge on any atom is 0.0344 e. The van der Waals surface area contributed by atoms with Crippen LogP contribution in [0.1, 0.15) is 7.43 Å². The van der Waals surface area contributed by atoms with Crippen molar-refractivity contribution in [2.24, 2.45) is 0 Å². The van der Waals surface area contributed by atoms with Crippen molar-refractivity contribution in [1.82, 2.24) is 4.98 Å². The first kappa shape index (κ1) is 6.95. The molecule has 0 aliphatic carbocycles. The molecule has 0 aliphatic heterocycles. The lowest BCUT2D eigenvalue weighted by atomic mass is 10.4. The molecular formula is C6H10N2. The predicted octanol–water partition coefficient (Wildman–Crippen LogP) is 1.30. The minimum Gasteiger partial charge on any atom is -0.399 e. The molecule has 2 heteroatoms. The molecular weight excluding hydrogens is 100 g/mol. The second-order valence-corrected chi connectivity index (χ2v) is 1.28. The first-order chi connectivity index (χ1) is 3.39. The molecule has 1 heterocycles. The molecule has 1 aromatic rings. The van der Waals surface area contributed by atoms with Crippen LogP contribution in [0.4, 0.5) is 5.69 Å². The van der Waals surface area contributed by atoms with Gasteiger partial charge in [0.15, 0.2) is 0 Å². The third-order valence-electron chi connectivity index (χ3n) is 0.706. The number of nitrogens with zero attached hydrogens (tertiary/aromatic N) is 1. The summed E-state index contributed by atoms with van der Waals surface area (Å²) < 4.78 is 0. The summed E-state index contributed by atoms with van der Waals surface area (Å²) in [5.41, 5.74) is 6.08. The molecule has 0 spiro atoms. The average Bonchev–Trinajstić information content (AvgIpc) is 1.69. The van der Waals surface area contributed by atoms with Crippen LogP contribution in [0.15, 0.2) is 24.5 Å². The van der Waals surface area contributed by atoms with Gasteiger partial charge in [0, 0.05) is 18.1 Å². The van der Waals surface area contributed by atoms with Crippen molar-refractivity contribution >= 4 is 5.69 Å². The largest absolute Gasteiger partial charge is 0.399 e. The fourth-order valence-electron chi connectivity index (χ4n) is 0.363. The van der Waals surface area contributed by atoms with Crippen LogP contribution in [0.25, 0.3) is 0 Å². The summed E-state index contributed by atoms with van der Waals surface area (Å²) in [5, 5.41) is 0. The molecule has 44 valence electrons. The highest BCUT2D eigenvalue weighted by Gasteiger charge is 1.73. The number of pyridine rings is 1. The van der Waals surface area contributed by atoms with Crippen molar-refractivity contribution in [2.75, 3.05) is 5.73 Å². The molecule has 0 unspecified atom stereocenters. The molecule has 2 N–H and O–H groups in total. The van der Waals surface area contributed by atoms with Crippen molar-refractivity contribution in [3.63, 3.8) is 0 Å². The molecule has 0 bridgehead atoms. The van der Waals surface area contributed by atoms with Crippen molar-refractivity contribution in [2.45, 2.75) is 7.43 Å². The summed E-state index contributed by atoms with van der Waals surface area (Å²) >= 11 is 0. The van der Waals surface area contributed by atoms with Crippen molar-refractivity contribution in [3.8, 4) is 0 Å². The van der Waals surface area contributed by atoms with Gasteiger partial charge in [0.25, 0.3) is 0 Å². The van der Waals surface area contributed by atoms with Crippen LogP contribution in [-0.2, 0) is 0 Å². The molecule has 0 saturated carbocycles. The second kappa shape index (κ2) is 3.02.